The van der Waals surface area contributed by atoms with Gasteiger partial charge in [-0.15, -0.1) is 0 Å². The number of rotatable bonds is 4. The molecule has 0 heterocycles. The van der Waals surface area contributed by atoms with E-state index in [0.29, 0.717) is 0 Å². The first-order chi connectivity index (χ1) is 26.8. The largest absolute Gasteiger partial charge is 0.0622 e. The van der Waals surface area contributed by atoms with Gasteiger partial charge in [0.05, 0.1) is 0 Å². The molecule has 0 saturated heterocycles. The second-order valence-electron chi connectivity index (χ2n) is 14.7. The summed E-state index contributed by atoms with van der Waals surface area (Å²) in [5.41, 5.74) is 20.7. The van der Waals surface area contributed by atoms with E-state index in [1.165, 1.54) is 121 Å². The summed E-state index contributed by atoms with van der Waals surface area (Å²) < 4.78 is 0. The second-order valence-corrected chi connectivity index (χ2v) is 14.7. The van der Waals surface area contributed by atoms with Gasteiger partial charge in [0.2, 0.25) is 0 Å². The molecule has 0 fully saturated rings. The fourth-order valence-corrected chi connectivity index (χ4v) is 9.76. The monoisotopic (exact) mass is 680 g/mol. The first kappa shape index (κ1) is 29.5. The van der Waals surface area contributed by atoms with Crippen LogP contribution in [-0.2, 0) is 0 Å². The van der Waals surface area contributed by atoms with Gasteiger partial charge in [-0.05, 0) is 127 Å². The summed E-state index contributed by atoms with van der Waals surface area (Å²) in [6, 6.07) is 72.0. The van der Waals surface area contributed by atoms with Crippen LogP contribution in [0.4, 0.5) is 0 Å². The predicted molar refractivity (Wildman–Crippen MR) is 230 cm³/mol. The third-order valence-corrected chi connectivity index (χ3v) is 12.0. The van der Waals surface area contributed by atoms with Gasteiger partial charge in [-0.2, -0.15) is 0 Å². The zero-order valence-electron chi connectivity index (χ0n) is 29.5. The van der Waals surface area contributed by atoms with E-state index in [-0.39, 0.29) is 0 Å². The Hall–Kier alpha value is -7.02. The lowest BCUT2D eigenvalue weighted by Gasteiger charge is -2.20. The smallest absolute Gasteiger partial charge is 0.000741 e. The molecule has 10 aromatic carbocycles. The van der Waals surface area contributed by atoms with E-state index in [1.54, 1.807) is 0 Å². The van der Waals surface area contributed by atoms with Crippen molar-refractivity contribution in [2.24, 2.45) is 0 Å². The van der Waals surface area contributed by atoms with Crippen LogP contribution >= 0.6 is 0 Å². The summed E-state index contributed by atoms with van der Waals surface area (Å²) in [5, 5.41) is 7.88. The van der Waals surface area contributed by atoms with Crippen LogP contribution in [0, 0.1) is 0 Å². The number of hydrogen-bond acceptors (Lipinski definition) is 0. The predicted octanol–water partition coefficient (Wildman–Crippen LogP) is 15.1. The van der Waals surface area contributed by atoms with Gasteiger partial charge < -0.3 is 0 Å². The van der Waals surface area contributed by atoms with Crippen molar-refractivity contribution in [3.05, 3.63) is 194 Å². The Labute approximate surface area is 314 Å². The molecule has 2 aliphatic rings. The van der Waals surface area contributed by atoms with Gasteiger partial charge in [0.15, 0.2) is 0 Å². The van der Waals surface area contributed by atoms with Gasteiger partial charge in [0.25, 0.3) is 0 Å². The van der Waals surface area contributed by atoms with Crippen molar-refractivity contribution in [2.45, 2.75) is 0 Å². The van der Waals surface area contributed by atoms with Crippen molar-refractivity contribution in [3.63, 3.8) is 0 Å². The Balaban J connectivity index is 1.10. The Morgan fingerprint density at radius 3 is 1.20 bits per heavy atom. The van der Waals surface area contributed by atoms with E-state index < -0.39 is 0 Å². The summed E-state index contributed by atoms with van der Waals surface area (Å²) >= 11 is 0. The molecule has 0 N–H and O–H groups in total. The van der Waals surface area contributed by atoms with Crippen LogP contribution in [0.5, 0.6) is 0 Å². The van der Waals surface area contributed by atoms with Crippen LogP contribution < -0.4 is 0 Å². The van der Waals surface area contributed by atoms with E-state index in [2.05, 4.69) is 194 Å². The maximum Gasteiger partial charge on any atom is -0.000741 e. The Kier molecular flexibility index (Phi) is 6.15. The minimum absolute atomic E-state index is 1.25. The highest BCUT2D eigenvalue weighted by atomic mass is 14.3. The number of fused-ring (bicyclic) bond motifs is 7. The molecule has 0 bridgehead atoms. The van der Waals surface area contributed by atoms with Crippen LogP contribution in [-0.4, -0.2) is 0 Å². The van der Waals surface area contributed by atoms with Gasteiger partial charge in [-0.3, -0.25) is 0 Å². The summed E-state index contributed by atoms with van der Waals surface area (Å²) in [5.74, 6) is 0. The highest BCUT2D eigenvalue weighted by molar-refractivity contribution is 6.29. The van der Waals surface area contributed by atoms with Crippen LogP contribution in [0.2, 0.25) is 0 Å². The lowest BCUT2D eigenvalue weighted by Crippen LogP contribution is -1.93. The molecular formula is C54H32. The van der Waals surface area contributed by atoms with Crippen molar-refractivity contribution in [1.29, 1.82) is 0 Å². The highest BCUT2D eigenvalue weighted by Crippen LogP contribution is 2.59. The molecule has 10 aromatic rings. The molecule has 0 radical (unpaired) electrons. The molecule has 0 aromatic heterocycles. The summed E-state index contributed by atoms with van der Waals surface area (Å²) in [6.45, 7) is 0. The maximum absolute atomic E-state index is 2.44. The van der Waals surface area contributed by atoms with Gasteiger partial charge in [0, 0.05) is 0 Å². The molecule has 12 rings (SSSR count). The summed E-state index contributed by atoms with van der Waals surface area (Å²) in [6.07, 6.45) is 0. The lowest BCUT2D eigenvalue weighted by atomic mass is 9.82. The SMILES string of the molecule is c1ccc(-c2c3c(c(-c4ccccc4)c4ccccc24)-c2ccc(-c4ccc5c(c4)-c4ccc(-c6ccccc6)c6cccc-5c46)c4cccc-3c24)cc1. The van der Waals surface area contributed by atoms with Crippen LogP contribution in [0.15, 0.2) is 194 Å². The average molecular weight is 681 g/mol. The van der Waals surface area contributed by atoms with Crippen molar-refractivity contribution < 1.29 is 0 Å². The average Bonchev–Trinajstić information content (AvgIpc) is 3.75. The lowest BCUT2D eigenvalue weighted by molar-refractivity contribution is 1.62. The van der Waals surface area contributed by atoms with Crippen LogP contribution in [0.3, 0.4) is 0 Å². The third-order valence-electron chi connectivity index (χ3n) is 12.0. The molecule has 0 atom stereocenters. The Bertz CT molecular complexity index is 3080. The van der Waals surface area contributed by atoms with Crippen molar-refractivity contribution in [2.75, 3.05) is 0 Å². The van der Waals surface area contributed by atoms with Crippen LogP contribution in [0.25, 0.3) is 121 Å². The first-order valence-electron chi connectivity index (χ1n) is 18.9. The number of benzene rings is 10. The molecule has 54 heavy (non-hydrogen) atoms. The minimum atomic E-state index is 1.25. The minimum Gasteiger partial charge on any atom is -0.0622 e. The molecule has 2 aliphatic carbocycles. The topological polar surface area (TPSA) is 0 Å². The van der Waals surface area contributed by atoms with E-state index in [4.69, 9.17) is 0 Å². The molecule has 248 valence electrons. The van der Waals surface area contributed by atoms with E-state index in [1.807, 2.05) is 0 Å². The summed E-state index contributed by atoms with van der Waals surface area (Å²) in [4.78, 5) is 0. The zero-order valence-corrected chi connectivity index (χ0v) is 29.5. The standard InChI is InChI=1S/C54H32/c1-4-14-33(15-5-1)37-28-30-45-48-32-36(26-27-39(48)42-24-12-22-40(37)51(42)45)38-29-31-47-52-41(38)23-13-25-46(52)53-49(34-16-6-2-7-17-34)43-20-10-11-21-44(43)50(54(47)53)35-18-8-3-9-19-35/h1-32H. The van der Waals surface area contributed by atoms with Crippen LogP contribution in [0.1, 0.15) is 0 Å². The molecular weight excluding hydrogens is 649 g/mol. The van der Waals surface area contributed by atoms with Crippen molar-refractivity contribution in [1.82, 2.24) is 0 Å². The Morgan fingerprint density at radius 2 is 0.593 bits per heavy atom. The Morgan fingerprint density at radius 1 is 0.185 bits per heavy atom. The third kappa shape index (κ3) is 4.03. The highest BCUT2D eigenvalue weighted by Gasteiger charge is 2.31. The fraction of sp³-hybridized carbons (Fsp3) is 0. The van der Waals surface area contributed by atoms with Gasteiger partial charge >= 0.3 is 0 Å². The van der Waals surface area contributed by atoms with Gasteiger partial charge in [-0.1, -0.05) is 188 Å². The van der Waals surface area contributed by atoms with E-state index in [0.717, 1.165) is 0 Å². The molecule has 0 heteroatoms. The normalized spacial score (nSPS) is 12.1. The van der Waals surface area contributed by atoms with E-state index in [9.17, 15) is 0 Å². The van der Waals surface area contributed by atoms with Gasteiger partial charge in [-0.25, -0.2) is 0 Å². The first-order valence-corrected chi connectivity index (χ1v) is 18.9. The zero-order chi connectivity index (χ0) is 35.3. The van der Waals surface area contributed by atoms with Gasteiger partial charge in [0.1, 0.15) is 0 Å². The van der Waals surface area contributed by atoms with Crippen molar-refractivity contribution in [3.8, 4) is 89.0 Å². The van der Waals surface area contributed by atoms with E-state index >= 15 is 0 Å². The summed E-state index contributed by atoms with van der Waals surface area (Å²) in [7, 11) is 0. The van der Waals surface area contributed by atoms with Crippen molar-refractivity contribution >= 4 is 32.3 Å². The fourth-order valence-electron chi connectivity index (χ4n) is 9.76. The molecule has 0 aliphatic heterocycles. The molecule has 0 nitrogen and oxygen atoms in total. The number of hydrogen-bond donors (Lipinski definition) is 0. The molecule has 0 saturated carbocycles. The molecule has 0 unspecified atom stereocenters. The maximum atomic E-state index is 2.44. The molecule has 0 spiro atoms. The quantitative estimate of drug-likeness (QED) is 0.174. The molecule has 0 amide bonds. The second kappa shape index (κ2) is 11.2.